The quantitative estimate of drug-likeness (QED) is 0.0169. The molecule has 0 radical (unpaired) electrons. The Bertz CT molecular complexity index is 2380. The molecule has 0 fully saturated rings. The lowest BCUT2D eigenvalue weighted by molar-refractivity contribution is -0.161. The summed E-state index contributed by atoms with van der Waals surface area (Å²) in [5.74, 6) is -2.28. The normalized spacial score (nSPS) is 14.7. The lowest BCUT2D eigenvalue weighted by atomic mass is 10.1. The molecule has 3 N–H and O–H groups in total. The molecular weight excluding hydrogens is 1280 g/mol. The van der Waals surface area contributed by atoms with Gasteiger partial charge in [-0.15, -0.1) is 0 Å². The van der Waals surface area contributed by atoms with E-state index in [0.717, 1.165) is 186 Å². The average molecular weight is 1420 g/mol. The number of rotatable bonds is 69. The fourth-order valence-corrected chi connectivity index (χ4v) is 11.0. The van der Waals surface area contributed by atoms with E-state index in [1.54, 1.807) is 0 Å². The van der Waals surface area contributed by atoms with Gasteiger partial charge < -0.3 is 33.8 Å². The smallest absolute Gasteiger partial charge is 0.462 e. The molecule has 0 amide bonds. The first kappa shape index (κ1) is 93.2. The highest BCUT2D eigenvalue weighted by molar-refractivity contribution is 7.47. The Labute approximate surface area is 593 Å². The van der Waals surface area contributed by atoms with Gasteiger partial charge in [-0.05, 0) is 141 Å². The van der Waals surface area contributed by atoms with Crippen LogP contribution in [0.1, 0.15) is 285 Å². The summed E-state index contributed by atoms with van der Waals surface area (Å²) in [6.07, 6.45) is 77.4. The molecule has 0 spiro atoms. The van der Waals surface area contributed by atoms with Gasteiger partial charge >= 0.3 is 39.5 Å². The molecule has 5 unspecified atom stereocenters. The van der Waals surface area contributed by atoms with Crippen molar-refractivity contribution < 1.29 is 80.2 Å². The molecule has 0 heterocycles. The molecule has 0 aliphatic heterocycles. The SMILES string of the molecule is CC/C=C\C/C=C\C/C=C\C/C=C\C/C=C\CCCC(=O)OCC(COP(=O)(O)OCC(O)COP(=O)(O)OCC(COC(=O)CCCCCCC/C=C\C/C=C\CCC)OC(=O)CCCCCCC/C=C\CCCC)OC(=O)CCCCCCCCC/C=C\C/C=C\C/C=C\CC. The molecular formula is C79H132O17P2. The van der Waals surface area contributed by atoms with Crippen molar-refractivity contribution in [2.45, 2.75) is 303 Å². The van der Waals surface area contributed by atoms with Crippen LogP contribution in [-0.4, -0.2) is 96.7 Å². The predicted molar refractivity (Wildman–Crippen MR) is 399 cm³/mol. The van der Waals surface area contributed by atoms with Crippen molar-refractivity contribution in [3.8, 4) is 0 Å². The van der Waals surface area contributed by atoms with E-state index in [2.05, 4.69) is 149 Å². The van der Waals surface area contributed by atoms with Crippen molar-refractivity contribution in [3.63, 3.8) is 0 Å². The Morgan fingerprint density at radius 2 is 0.561 bits per heavy atom. The zero-order valence-electron chi connectivity index (χ0n) is 60.9. The van der Waals surface area contributed by atoms with Gasteiger partial charge in [0.1, 0.15) is 19.3 Å². The van der Waals surface area contributed by atoms with Crippen LogP contribution in [0.2, 0.25) is 0 Å². The predicted octanol–water partition coefficient (Wildman–Crippen LogP) is 21.3. The molecule has 17 nitrogen and oxygen atoms in total. The number of carbonyl (C=O) groups excluding carboxylic acids is 4. The zero-order chi connectivity index (χ0) is 71.8. The Morgan fingerprint density at radius 1 is 0.296 bits per heavy atom. The first-order valence-corrected chi connectivity index (χ1v) is 40.4. The van der Waals surface area contributed by atoms with Crippen molar-refractivity contribution in [1.82, 2.24) is 0 Å². The van der Waals surface area contributed by atoms with Crippen molar-refractivity contribution in [3.05, 3.63) is 134 Å². The average Bonchev–Trinajstić information content (AvgIpc) is 0.980. The van der Waals surface area contributed by atoms with Gasteiger partial charge in [-0.2, -0.15) is 0 Å². The maximum atomic E-state index is 13.1. The number of esters is 4. The molecule has 560 valence electrons. The zero-order valence-corrected chi connectivity index (χ0v) is 62.7. The minimum absolute atomic E-state index is 0.0676. The van der Waals surface area contributed by atoms with Gasteiger partial charge in [-0.1, -0.05) is 251 Å². The van der Waals surface area contributed by atoms with Crippen LogP contribution in [0.4, 0.5) is 0 Å². The number of aliphatic hydroxyl groups is 1. The fraction of sp³-hybridized carbons (Fsp3) is 0.671. The number of allylic oxidation sites excluding steroid dienone is 22. The molecule has 0 aromatic rings. The van der Waals surface area contributed by atoms with Crippen LogP contribution in [0.5, 0.6) is 0 Å². The van der Waals surface area contributed by atoms with E-state index in [4.69, 9.17) is 37.0 Å². The van der Waals surface area contributed by atoms with Crippen molar-refractivity contribution >= 4 is 39.5 Å². The largest absolute Gasteiger partial charge is 0.472 e. The van der Waals surface area contributed by atoms with E-state index in [1.807, 2.05) is 12.2 Å². The second-order valence-electron chi connectivity index (χ2n) is 24.5. The highest BCUT2D eigenvalue weighted by Gasteiger charge is 2.30. The van der Waals surface area contributed by atoms with Gasteiger partial charge in [-0.3, -0.25) is 37.3 Å². The van der Waals surface area contributed by atoms with Crippen LogP contribution >= 0.6 is 15.6 Å². The number of unbranched alkanes of at least 4 members (excludes halogenated alkanes) is 21. The monoisotopic (exact) mass is 1410 g/mol. The Kier molecular flexibility index (Phi) is 67.2. The van der Waals surface area contributed by atoms with Crippen LogP contribution in [0.25, 0.3) is 0 Å². The third kappa shape index (κ3) is 69.7. The van der Waals surface area contributed by atoms with Crippen molar-refractivity contribution in [2.75, 3.05) is 39.6 Å². The number of hydrogen-bond acceptors (Lipinski definition) is 15. The standard InChI is InChI=1S/C79H132O17P2/c1-5-9-13-17-21-25-29-32-34-36-38-41-45-48-52-56-60-64-77(82)90-70-75(96-79(84)66-62-58-54-50-46-42-39-37-35-33-30-26-22-18-14-10-6-2)72-94-98(87,88)92-68-73(80)67-91-97(85,86)93-71-74(95-78(83)65-61-57-53-49-43-28-24-20-16-12-8-4)69-89-76(81)63-59-55-51-47-44-40-31-27-23-19-15-11-7-3/h9-10,13-15,19-22,24-27,31-35,38,41,48,52,73-75,80H,5-8,11-12,16-18,23,28-30,36-37,39-40,42-47,49-51,53-72H2,1-4H3,(H,85,86)(H,87,88)/b13-9-,14-10-,19-15-,24-20-,25-21-,26-22-,31-27-,34-32-,35-33-,41-38-,52-48-. The summed E-state index contributed by atoms with van der Waals surface area (Å²) < 4.78 is 68.3. The van der Waals surface area contributed by atoms with Gasteiger partial charge in [0.15, 0.2) is 12.2 Å². The Balaban J connectivity index is 5.41. The highest BCUT2D eigenvalue weighted by atomic mass is 31.2. The first-order chi connectivity index (χ1) is 47.7. The first-order valence-electron chi connectivity index (χ1n) is 37.4. The molecule has 0 aromatic heterocycles. The molecule has 0 saturated heterocycles. The second kappa shape index (κ2) is 70.6. The Hall–Kier alpha value is -4.80. The van der Waals surface area contributed by atoms with Crippen LogP contribution < -0.4 is 0 Å². The molecule has 0 aliphatic rings. The number of phosphoric acid groups is 2. The third-order valence-electron chi connectivity index (χ3n) is 15.1. The summed E-state index contributed by atoms with van der Waals surface area (Å²) in [6.45, 7) is 4.43. The van der Waals surface area contributed by atoms with Crippen molar-refractivity contribution in [2.24, 2.45) is 0 Å². The minimum Gasteiger partial charge on any atom is -0.462 e. The number of phosphoric ester groups is 2. The van der Waals surface area contributed by atoms with Gasteiger partial charge in [0.2, 0.25) is 0 Å². The summed E-state index contributed by atoms with van der Waals surface area (Å²) in [5, 5.41) is 10.6. The van der Waals surface area contributed by atoms with E-state index in [-0.39, 0.29) is 25.7 Å². The van der Waals surface area contributed by atoms with Crippen molar-refractivity contribution in [1.29, 1.82) is 0 Å². The molecule has 0 bridgehead atoms. The van der Waals surface area contributed by atoms with E-state index >= 15 is 0 Å². The number of hydrogen-bond donors (Lipinski definition) is 3. The lowest BCUT2D eigenvalue weighted by Gasteiger charge is -2.21. The molecule has 0 rings (SSSR count). The molecule has 5 atom stereocenters. The maximum absolute atomic E-state index is 13.1. The summed E-state index contributed by atoms with van der Waals surface area (Å²) in [6, 6.07) is 0. The highest BCUT2D eigenvalue weighted by Crippen LogP contribution is 2.45. The van der Waals surface area contributed by atoms with Gasteiger partial charge in [0, 0.05) is 25.7 Å². The van der Waals surface area contributed by atoms with Gasteiger partial charge in [-0.25, -0.2) is 9.13 Å². The summed E-state index contributed by atoms with van der Waals surface area (Å²) in [7, 11) is -9.97. The summed E-state index contributed by atoms with van der Waals surface area (Å²) in [5.41, 5.74) is 0. The molecule has 0 aromatic carbocycles. The summed E-state index contributed by atoms with van der Waals surface area (Å²) in [4.78, 5) is 72.7. The molecule has 98 heavy (non-hydrogen) atoms. The van der Waals surface area contributed by atoms with Crippen LogP contribution in [-0.2, 0) is 65.4 Å². The topological polar surface area (TPSA) is 237 Å². The second-order valence-corrected chi connectivity index (χ2v) is 27.4. The molecule has 19 heteroatoms. The van der Waals surface area contributed by atoms with Crippen LogP contribution in [0.15, 0.2) is 134 Å². The third-order valence-corrected chi connectivity index (χ3v) is 17.0. The van der Waals surface area contributed by atoms with E-state index in [0.29, 0.717) is 32.1 Å². The maximum Gasteiger partial charge on any atom is 0.472 e. The van der Waals surface area contributed by atoms with E-state index in [1.165, 1.54) is 12.8 Å². The summed E-state index contributed by atoms with van der Waals surface area (Å²) >= 11 is 0. The number of aliphatic hydroxyl groups excluding tert-OH is 1. The van der Waals surface area contributed by atoms with Gasteiger partial charge in [0.25, 0.3) is 0 Å². The van der Waals surface area contributed by atoms with Crippen LogP contribution in [0.3, 0.4) is 0 Å². The van der Waals surface area contributed by atoms with Gasteiger partial charge in [0.05, 0.1) is 26.4 Å². The number of ether oxygens (including phenoxy) is 4. The van der Waals surface area contributed by atoms with E-state index < -0.39 is 97.5 Å². The molecule has 0 saturated carbocycles. The van der Waals surface area contributed by atoms with Crippen LogP contribution in [0, 0.1) is 0 Å². The van der Waals surface area contributed by atoms with E-state index in [9.17, 15) is 43.2 Å². The molecule has 0 aliphatic carbocycles. The number of carbonyl (C=O) groups is 4. The lowest BCUT2D eigenvalue weighted by Crippen LogP contribution is -2.30. The fourth-order valence-electron chi connectivity index (χ4n) is 9.41. The minimum atomic E-state index is -4.99. The Morgan fingerprint density at radius 3 is 0.908 bits per heavy atom.